The van der Waals surface area contributed by atoms with Crippen molar-refractivity contribution in [3.05, 3.63) is 47.5 Å². The number of rotatable bonds is 6. The van der Waals surface area contributed by atoms with Crippen molar-refractivity contribution >= 4 is 0 Å². The number of nitrogens with one attached hydrogen (secondary N) is 1. The van der Waals surface area contributed by atoms with Crippen LogP contribution in [0.25, 0.3) is 0 Å². The van der Waals surface area contributed by atoms with Crippen molar-refractivity contribution in [1.82, 2.24) is 5.32 Å². The van der Waals surface area contributed by atoms with Crippen molar-refractivity contribution in [2.75, 3.05) is 6.54 Å². The molecule has 0 amide bonds. The van der Waals surface area contributed by atoms with Crippen LogP contribution in [0.1, 0.15) is 43.7 Å². The Morgan fingerprint density at radius 2 is 2.24 bits per heavy atom. The Balaban J connectivity index is 2.05. The van der Waals surface area contributed by atoms with Gasteiger partial charge in [0.1, 0.15) is 0 Å². The van der Waals surface area contributed by atoms with E-state index in [-0.39, 0.29) is 0 Å². The molecule has 2 rings (SSSR count). The van der Waals surface area contributed by atoms with E-state index in [9.17, 15) is 0 Å². The predicted molar refractivity (Wildman–Crippen MR) is 74.4 cm³/mol. The van der Waals surface area contributed by atoms with Gasteiger partial charge in [-0.3, -0.25) is 0 Å². The van der Waals surface area contributed by atoms with Gasteiger partial charge < -0.3 is 5.32 Å². The molecule has 0 radical (unpaired) electrons. The fourth-order valence-corrected chi connectivity index (χ4v) is 2.72. The van der Waals surface area contributed by atoms with Crippen molar-refractivity contribution in [2.45, 2.75) is 45.1 Å². The summed E-state index contributed by atoms with van der Waals surface area (Å²) in [6, 6.07) is 9.40. The lowest BCUT2D eigenvalue weighted by Crippen LogP contribution is -2.40. The molecule has 0 saturated carbocycles. The average Bonchev–Trinajstić information content (AvgIpc) is 2.26. The Hall–Kier alpha value is -1.08. The zero-order valence-corrected chi connectivity index (χ0v) is 11.0. The Bertz CT molecular complexity index is 394. The van der Waals surface area contributed by atoms with Gasteiger partial charge in [0.25, 0.3) is 0 Å². The second kappa shape index (κ2) is 5.50. The minimum Gasteiger partial charge on any atom is -0.313 e. The van der Waals surface area contributed by atoms with Crippen LogP contribution in [0.4, 0.5) is 0 Å². The molecule has 0 aliphatic heterocycles. The van der Waals surface area contributed by atoms with Gasteiger partial charge in [-0.1, -0.05) is 36.8 Å². The Morgan fingerprint density at radius 1 is 1.47 bits per heavy atom. The molecule has 2 atom stereocenters. The van der Waals surface area contributed by atoms with Crippen LogP contribution in [0.5, 0.6) is 0 Å². The zero-order valence-electron chi connectivity index (χ0n) is 11.0. The maximum absolute atomic E-state index is 4.06. The number of hydrogen-bond acceptors (Lipinski definition) is 1. The van der Waals surface area contributed by atoms with E-state index in [0.717, 1.165) is 13.0 Å². The summed E-state index contributed by atoms with van der Waals surface area (Å²) in [7, 11) is 0. The van der Waals surface area contributed by atoms with Gasteiger partial charge in [0, 0.05) is 12.0 Å². The molecule has 1 N–H and O–H groups in total. The normalized spacial score (nSPS) is 19.3. The van der Waals surface area contributed by atoms with Gasteiger partial charge in [-0.2, -0.15) is 0 Å². The smallest absolute Gasteiger partial charge is 0.0176 e. The average molecular weight is 229 g/mol. The summed E-state index contributed by atoms with van der Waals surface area (Å²) >= 11 is 0. The molecule has 1 aromatic carbocycles. The highest BCUT2D eigenvalue weighted by Gasteiger charge is 2.31. The molecule has 17 heavy (non-hydrogen) atoms. The van der Waals surface area contributed by atoms with E-state index in [2.05, 4.69) is 50.0 Å². The lowest BCUT2D eigenvalue weighted by atomic mass is 9.72. The lowest BCUT2D eigenvalue weighted by molar-refractivity contribution is 0.397. The first-order valence-electron chi connectivity index (χ1n) is 6.68. The molecule has 0 saturated heterocycles. The molecule has 1 aromatic rings. The van der Waals surface area contributed by atoms with E-state index in [1.165, 1.54) is 24.0 Å². The van der Waals surface area contributed by atoms with Crippen LogP contribution < -0.4 is 5.32 Å². The molecular weight excluding hydrogens is 206 g/mol. The van der Waals surface area contributed by atoms with Crippen LogP contribution in [0.2, 0.25) is 0 Å². The highest BCUT2D eigenvalue weighted by molar-refractivity contribution is 5.41. The Morgan fingerprint density at radius 3 is 2.88 bits per heavy atom. The van der Waals surface area contributed by atoms with Crippen LogP contribution in [0.15, 0.2) is 36.4 Å². The first kappa shape index (κ1) is 12.4. The van der Waals surface area contributed by atoms with Crippen molar-refractivity contribution in [3.63, 3.8) is 0 Å². The third-order valence-electron chi connectivity index (χ3n) is 3.60. The summed E-state index contributed by atoms with van der Waals surface area (Å²) in [5, 5.41) is 3.68. The fourth-order valence-electron chi connectivity index (χ4n) is 2.72. The van der Waals surface area contributed by atoms with Crippen LogP contribution in [-0.2, 0) is 6.42 Å². The number of hydrogen-bond donors (Lipinski definition) is 1. The predicted octanol–water partition coefficient (Wildman–Crippen LogP) is 3.66. The summed E-state index contributed by atoms with van der Waals surface area (Å²) in [6.45, 7) is 9.52. The van der Waals surface area contributed by atoms with Crippen LogP contribution in [0, 0.1) is 0 Å². The molecule has 0 heterocycles. The van der Waals surface area contributed by atoms with E-state index in [1.54, 1.807) is 5.56 Å². The largest absolute Gasteiger partial charge is 0.313 e. The highest BCUT2D eigenvalue weighted by atomic mass is 14.9. The summed E-state index contributed by atoms with van der Waals surface area (Å²) < 4.78 is 0. The van der Waals surface area contributed by atoms with Crippen molar-refractivity contribution < 1.29 is 0 Å². The summed E-state index contributed by atoms with van der Waals surface area (Å²) in [5.74, 6) is 0.689. The van der Waals surface area contributed by atoms with E-state index < -0.39 is 0 Å². The molecule has 0 aromatic heterocycles. The van der Waals surface area contributed by atoms with E-state index in [0.29, 0.717) is 12.0 Å². The van der Waals surface area contributed by atoms with Crippen LogP contribution in [-0.4, -0.2) is 12.6 Å². The molecule has 1 heteroatoms. The van der Waals surface area contributed by atoms with Crippen LogP contribution >= 0.6 is 0 Å². The quantitative estimate of drug-likeness (QED) is 0.734. The van der Waals surface area contributed by atoms with Gasteiger partial charge in [0.2, 0.25) is 0 Å². The van der Waals surface area contributed by atoms with Gasteiger partial charge in [-0.15, -0.1) is 6.58 Å². The third-order valence-corrected chi connectivity index (χ3v) is 3.60. The molecule has 0 spiro atoms. The first-order chi connectivity index (χ1) is 8.22. The molecule has 1 aliphatic carbocycles. The topological polar surface area (TPSA) is 12.0 Å². The molecule has 2 unspecified atom stereocenters. The third kappa shape index (κ3) is 2.78. The molecular formula is C16H23N. The van der Waals surface area contributed by atoms with Gasteiger partial charge in [0.15, 0.2) is 0 Å². The number of fused-ring (bicyclic) bond motifs is 1. The second-order valence-electron chi connectivity index (χ2n) is 5.23. The molecule has 1 aliphatic rings. The zero-order chi connectivity index (χ0) is 12.3. The SMILES string of the molecule is C=C(C)CC(NCCC)C1Cc2ccccc21. The highest BCUT2D eigenvalue weighted by Crippen LogP contribution is 2.38. The van der Waals surface area contributed by atoms with Gasteiger partial charge in [0.05, 0.1) is 0 Å². The maximum atomic E-state index is 4.06. The first-order valence-corrected chi connectivity index (χ1v) is 6.68. The van der Waals surface area contributed by atoms with Crippen LogP contribution in [0.3, 0.4) is 0 Å². The Labute approximate surface area is 105 Å². The molecule has 0 fully saturated rings. The summed E-state index contributed by atoms with van der Waals surface area (Å²) in [5.41, 5.74) is 4.35. The fraction of sp³-hybridized carbons (Fsp3) is 0.500. The minimum absolute atomic E-state index is 0.572. The lowest BCUT2D eigenvalue weighted by Gasteiger charge is -2.37. The Kier molecular flexibility index (Phi) is 4.01. The van der Waals surface area contributed by atoms with Gasteiger partial charge >= 0.3 is 0 Å². The molecule has 92 valence electrons. The summed E-state index contributed by atoms with van der Waals surface area (Å²) in [6.07, 6.45) is 3.52. The van der Waals surface area contributed by atoms with Crippen molar-refractivity contribution in [2.24, 2.45) is 0 Å². The number of benzene rings is 1. The summed E-state index contributed by atoms with van der Waals surface area (Å²) in [4.78, 5) is 0. The molecule has 1 nitrogen and oxygen atoms in total. The minimum atomic E-state index is 0.572. The second-order valence-corrected chi connectivity index (χ2v) is 5.23. The van der Waals surface area contributed by atoms with Crippen molar-refractivity contribution in [1.29, 1.82) is 0 Å². The van der Waals surface area contributed by atoms with E-state index >= 15 is 0 Å². The standard InChI is InChI=1S/C16H23N/c1-4-9-17-16(10-12(2)3)15-11-13-7-5-6-8-14(13)15/h5-8,15-17H,2,4,9-11H2,1,3H3. The monoisotopic (exact) mass is 229 g/mol. The van der Waals surface area contributed by atoms with Gasteiger partial charge in [-0.05, 0) is 43.9 Å². The maximum Gasteiger partial charge on any atom is 0.0176 e. The van der Waals surface area contributed by atoms with E-state index in [1.807, 2.05) is 0 Å². The van der Waals surface area contributed by atoms with Gasteiger partial charge in [-0.25, -0.2) is 0 Å². The molecule has 0 bridgehead atoms. The van der Waals surface area contributed by atoms with E-state index in [4.69, 9.17) is 0 Å². The van der Waals surface area contributed by atoms with Crippen molar-refractivity contribution in [3.8, 4) is 0 Å².